The molecular weight excluding hydrogens is 172 g/mol. The summed E-state index contributed by atoms with van der Waals surface area (Å²) in [5.74, 6) is 1.68. The Labute approximate surface area is 89.2 Å². The van der Waals surface area contributed by atoms with Crippen LogP contribution in [0.25, 0.3) is 0 Å². The fourth-order valence-electron chi connectivity index (χ4n) is 2.41. The maximum atomic E-state index is 6.05. The Bertz CT molecular complexity index is 145. The first kappa shape index (κ1) is 12.0. The Morgan fingerprint density at radius 2 is 1.64 bits per heavy atom. The van der Waals surface area contributed by atoms with Crippen LogP contribution in [0, 0.1) is 11.8 Å². The van der Waals surface area contributed by atoms with Gasteiger partial charge in [-0.15, -0.1) is 0 Å². The summed E-state index contributed by atoms with van der Waals surface area (Å²) in [6, 6.07) is 0. The fourth-order valence-corrected chi connectivity index (χ4v) is 2.41. The number of hydrogen-bond donors (Lipinski definition) is 0. The van der Waals surface area contributed by atoms with Crippen LogP contribution in [0.3, 0.4) is 0 Å². The molecule has 1 rings (SSSR count). The molecule has 0 saturated heterocycles. The van der Waals surface area contributed by atoms with Gasteiger partial charge < -0.3 is 4.74 Å². The van der Waals surface area contributed by atoms with Crippen LogP contribution in [0.5, 0.6) is 0 Å². The van der Waals surface area contributed by atoms with E-state index in [1.165, 1.54) is 32.1 Å². The average molecular weight is 198 g/mol. The lowest BCUT2D eigenvalue weighted by Gasteiger charge is -2.29. The van der Waals surface area contributed by atoms with Crippen LogP contribution >= 0.6 is 0 Å². The van der Waals surface area contributed by atoms with Gasteiger partial charge in [0.25, 0.3) is 0 Å². The summed E-state index contributed by atoms with van der Waals surface area (Å²) in [5.41, 5.74) is 0. The molecule has 0 amide bonds. The second-order valence-corrected chi connectivity index (χ2v) is 5.46. The van der Waals surface area contributed by atoms with Gasteiger partial charge in [0.05, 0.1) is 12.2 Å². The Morgan fingerprint density at radius 1 is 1.07 bits per heavy atom. The van der Waals surface area contributed by atoms with E-state index in [9.17, 15) is 0 Å². The molecule has 0 aliphatic heterocycles. The van der Waals surface area contributed by atoms with Crippen molar-refractivity contribution in [1.82, 2.24) is 0 Å². The van der Waals surface area contributed by atoms with Crippen LogP contribution in [0.1, 0.15) is 59.8 Å². The molecule has 0 aromatic rings. The van der Waals surface area contributed by atoms with Gasteiger partial charge in [-0.25, -0.2) is 0 Å². The smallest absolute Gasteiger partial charge is 0.0579 e. The summed E-state index contributed by atoms with van der Waals surface area (Å²) >= 11 is 0. The molecule has 0 unspecified atom stereocenters. The van der Waals surface area contributed by atoms with E-state index in [0.29, 0.717) is 12.2 Å². The van der Waals surface area contributed by atoms with Crippen LogP contribution in [0.4, 0.5) is 0 Å². The molecular formula is C13H26O. The molecule has 1 saturated carbocycles. The zero-order valence-electron chi connectivity index (χ0n) is 10.3. The Hall–Kier alpha value is -0.0400. The van der Waals surface area contributed by atoms with Crippen molar-refractivity contribution in [2.45, 2.75) is 72.0 Å². The molecule has 1 fully saturated rings. The van der Waals surface area contributed by atoms with Gasteiger partial charge in [-0.05, 0) is 50.9 Å². The zero-order chi connectivity index (χ0) is 10.6. The highest BCUT2D eigenvalue weighted by atomic mass is 16.5. The molecule has 0 aromatic carbocycles. The number of hydrogen-bond acceptors (Lipinski definition) is 1. The fraction of sp³-hybridized carbons (Fsp3) is 1.00. The molecule has 0 heterocycles. The topological polar surface area (TPSA) is 9.23 Å². The third kappa shape index (κ3) is 4.45. The molecule has 1 nitrogen and oxygen atoms in total. The summed E-state index contributed by atoms with van der Waals surface area (Å²) < 4.78 is 6.05. The standard InChI is InChI=1S/C13H26O/c1-10(2)9-12(4)14-13-7-5-11(3)6-8-13/h10-13H,5-9H2,1-4H3/t11-,12-,13-/m1/s1. The third-order valence-electron chi connectivity index (χ3n) is 3.19. The molecule has 0 N–H and O–H groups in total. The van der Waals surface area contributed by atoms with E-state index in [1.54, 1.807) is 0 Å². The quantitative estimate of drug-likeness (QED) is 0.663. The van der Waals surface area contributed by atoms with Crippen LogP contribution in [-0.4, -0.2) is 12.2 Å². The van der Waals surface area contributed by atoms with Gasteiger partial charge in [0, 0.05) is 0 Å². The monoisotopic (exact) mass is 198 g/mol. The van der Waals surface area contributed by atoms with Crippen LogP contribution in [0.2, 0.25) is 0 Å². The van der Waals surface area contributed by atoms with Gasteiger partial charge >= 0.3 is 0 Å². The van der Waals surface area contributed by atoms with E-state index >= 15 is 0 Å². The van der Waals surface area contributed by atoms with Crippen LogP contribution < -0.4 is 0 Å². The molecule has 0 aromatic heterocycles. The van der Waals surface area contributed by atoms with E-state index in [0.717, 1.165) is 11.8 Å². The minimum atomic E-state index is 0.452. The molecule has 0 bridgehead atoms. The lowest BCUT2D eigenvalue weighted by molar-refractivity contribution is -0.0346. The number of rotatable bonds is 4. The van der Waals surface area contributed by atoms with Crippen molar-refractivity contribution < 1.29 is 4.74 Å². The highest BCUT2D eigenvalue weighted by molar-refractivity contribution is 4.71. The SMILES string of the molecule is CC(C)C[C@@H](C)O[C@H]1CC[C@H](C)CC1. The van der Waals surface area contributed by atoms with Gasteiger partial charge in [-0.2, -0.15) is 0 Å². The van der Waals surface area contributed by atoms with Crippen LogP contribution in [0.15, 0.2) is 0 Å². The second-order valence-electron chi connectivity index (χ2n) is 5.46. The van der Waals surface area contributed by atoms with E-state index < -0.39 is 0 Å². The largest absolute Gasteiger partial charge is 0.375 e. The first-order valence-electron chi connectivity index (χ1n) is 6.23. The minimum absolute atomic E-state index is 0.452. The van der Waals surface area contributed by atoms with E-state index in [4.69, 9.17) is 4.74 Å². The van der Waals surface area contributed by atoms with Gasteiger partial charge in [0.15, 0.2) is 0 Å². The second kappa shape index (κ2) is 5.75. The van der Waals surface area contributed by atoms with Gasteiger partial charge in [-0.3, -0.25) is 0 Å². The Balaban J connectivity index is 2.17. The van der Waals surface area contributed by atoms with Gasteiger partial charge in [0.2, 0.25) is 0 Å². The van der Waals surface area contributed by atoms with E-state index in [2.05, 4.69) is 27.7 Å². The highest BCUT2D eigenvalue weighted by Crippen LogP contribution is 2.27. The Morgan fingerprint density at radius 3 is 2.14 bits per heavy atom. The van der Waals surface area contributed by atoms with Crippen molar-refractivity contribution in [3.8, 4) is 0 Å². The molecule has 0 spiro atoms. The molecule has 1 atom stereocenters. The molecule has 1 heteroatoms. The van der Waals surface area contributed by atoms with Gasteiger partial charge in [0.1, 0.15) is 0 Å². The Kier molecular flexibility index (Phi) is 4.94. The van der Waals surface area contributed by atoms with Crippen molar-refractivity contribution in [2.24, 2.45) is 11.8 Å². The maximum absolute atomic E-state index is 6.05. The van der Waals surface area contributed by atoms with Crippen LogP contribution in [-0.2, 0) is 4.74 Å². The van der Waals surface area contributed by atoms with Crippen molar-refractivity contribution in [3.63, 3.8) is 0 Å². The van der Waals surface area contributed by atoms with E-state index in [-0.39, 0.29) is 0 Å². The summed E-state index contributed by atoms with van der Waals surface area (Å²) in [6.45, 7) is 9.11. The average Bonchev–Trinajstić information content (AvgIpc) is 2.07. The van der Waals surface area contributed by atoms with Gasteiger partial charge in [-0.1, -0.05) is 20.8 Å². The van der Waals surface area contributed by atoms with Crippen molar-refractivity contribution in [2.75, 3.05) is 0 Å². The van der Waals surface area contributed by atoms with Crippen molar-refractivity contribution in [3.05, 3.63) is 0 Å². The predicted molar refractivity (Wildman–Crippen MR) is 61.4 cm³/mol. The molecule has 1 aliphatic carbocycles. The molecule has 1 aliphatic rings. The summed E-state index contributed by atoms with van der Waals surface area (Å²) in [5, 5.41) is 0. The first-order valence-corrected chi connectivity index (χ1v) is 6.23. The minimum Gasteiger partial charge on any atom is -0.375 e. The third-order valence-corrected chi connectivity index (χ3v) is 3.19. The predicted octanol–water partition coefficient (Wildman–Crippen LogP) is 4.02. The molecule has 0 radical (unpaired) electrons. The summed E-state index contributed by atoms with van der Waals surface area (Å²) in [6.07, 6.45) is 7.49. The highest BCUT2D eigenvalue weighted by Gasteiger charge is 2.20. The lowest BCUT2D eigenvalue weighted by Crippen LogP contribution is -2.25. The summed E-state index contributed by atoms with van der Waals surface area (Å²) in [7, 11) is 0. The molecule has 84 valence electrons. The van der Waals surface area contributed by atoms with Crippen molar-refractivity contribution >= 4 is 0 Å². The maximum Gasteiger partial charge on any atom is 0.0579 e. The van der Waals surface area contributed by atoms with E-state index in [1.807, 2.05) is 0 Å². The normalized spacial score (nSPS) is 30.6. The lowest BCUT2D eigenvalue weighted by atomic mass is 9.89. The summed E-state index contributed by atoms with van der Waals surface area (Å²) in [4.78, 5) is 0. The first-order chi connectivity index (χ1) is 6.58. The molecule has 14 heavy (non-hydrogen) atoms. The zero-order valence-corrected chi connectivity index (χ0v) is 10.3. The number of ether oxygens (including phenoxy) is 1. The van der Waals surface area contributed by atoms with Crippen molar-refractivity contribution in [1.29, 1.82) is 0 Å².